The summed E-state index contributed by atoms with van der Waals surface area (Å²) in [6.07, 6.45) is 0. The molecule has 4 rings (SSSR count). The van der Waals surface area contributed by atoms with Gasteiger partial charge in [-0.05, 0) is 48.9 Å². The molecule has 2 heterocycles. The average Bonchev–Trinajstić information content (AvgIpc) is 3.25. The standard InChI is InChI=1S/C19H14ClN3O3S/c1-10-14-8-11(5-6-15(14)21-17(10)25)16(24)9-27-19-23-22-18(26-19)12-3-2-4-13(20)7-12/h2-8,10H,9H2,1H3,(H,21,25)/t10-/m1/s1. The van der Waals surface area contributed by atoms with E-state index in [1.165, 1.54) is 11.8 Å². The lowest BCUT2D eigenvalue weighted by molar-refractivity contribution is -0.116. The van der Waals surface area contributed by atoms with E-state index in [9.17, 15) is 9.59 Å². The molecule has 0 fully saturated rings. The van der Waals surface area contributed by atoms with Crippen molar-refractivity contribution in [2.45, 2.75) is 18.1 Å². The number of halogens is 1. The number of carbonyl (C=O) groups is 2. The number of nitrogens with zero attached hydrogens (tertiary/aromatic N) is 2. The number of rotatable bonds is 5. The summed E-state index contributed by atoms with van der Waals surface area (Å²) in [7, 11) is 0. The largest absolute Gasteiger partial charge is 0.411 e. The Morgan fingerprint density at radius 2 is 2.11 bits per heavy atom. The summed E-state index contributed by atoms with van der Waals surface area (Å²) in [6, 6.07) is 12.4. The second-order valence-corrected chi connectivity index (χ2v) is 7.47. The highest BCUT2D eigenvalue weighted by atomic mass is 35.5. The fourth-order valence-electron chi connectivity index (χ4n) is 2.81. The van der Waals surface area contributed by atoms with Crippen molar-refractivity contribution in [3.8, 4) is 11.5 Å². The molecule has 1 aliphatic rings. The molecule has 8 heteroatoms. The molecule has 3 aromatic rings. The van der Waals surface area contributed by atoms with Gasteiger partial charge >= 0.3 is 0 Å². The maximum atomic E-state index is 12.5. The first-order valence-electron chi connectivity index (χ1n) is 8.21. The number of thioether (sulfide) groups is 1. The van der Waals surface area contributed by atoms with Crippen LogP contribution in [-0.4, -0.2) is 27.6 Å². The number of ketones is 1. The first kappa shape index (κ1) is 17.8. The molecule has 6 nitrogen and oxygen atoms in total. The molecular weight excluding hydrogens is 386 g/mol. The molecule has 0 saturated carbocycles. The number of anilines is 1. The van der Waals surface area contributed by atoms with Crippen LogP contribution in [0.5, 0.6) is 0 Å². The minimum absolute atomic E-state index is 0.0524. The number of fused-ring (bicyclic) bond motifs is 1. The lowest BCUT2D eigenvalue weighted by atomic mass is 9.99. The zero-order valence-electron chi connectivity index (χ0n) is 14.2. The zero-order valence-corrected chi connectivity index (χ0v) is 15.8. The van der Waals surface area contributed by atoms with E-state index >= 15 is 0 Å². The molecule has 0 saturated heterocycles. The van der Waals surface area contributed by atoms with Gasteiger partial charge in [-0.25, -0.2) is 0 Å². The lowest BCUT2D eigenvalue weighted by Gasteiger charge is -2.04. The Balaban J connectivity index is 1.44. The number of carbonyl (C=O) groups excluding carboxylic acids is 2. The quantitative estimate of drug-likeness (QED) is 0.505. The third kappa shape index (κ3) is 3.61. The molecule has 0 aliphatic carbocycles. The summed E-state index contributed by atoms with van der Waals surface area (Å²) in [5, 5.41) is 11.6. The number of benzene rings is 2. The van der Waals surface area contributed by atoms with Crippen molar-refractivity contribution in [2.75, 3.05) is 11.1 Å². The summed E-state index contributed by atoms with van der Waals surface area (Å²) in [4.78, 5) is 24.2. The number of hydrogen-bond acceptors (Lipinski definition) is 6. The van der Waals surface area contributed by atoms with Gasteiger partial charge in [-0.1, -0.05) is 29.4 Å². The third-order valence-electron chi connectivity index (χ3n) is 4.30. The molecule has 2 aromatic carbocycles. The van der Waals surface area contributed by atoms with Gasteiger partial charge in [-0.15, -0.1) is 10.2 Å². The van der Waals surface area contributed by atoms with Crippen LogP contribution in [0.15, 0.2) is 52.1 Å². The maximum Gasteiger partial charge on any atom is 0.277 e. The van der Waals surface area contributed by atoms with Gasteiger partial charge in [0.25, 0.3) is 5.22 Å². The molecule has 0 spiro atoms. The van der Waals surface area contributed by atoms with E-state index in [0.29, 0.717) is 21.7 Å². The minimum atomic E-state index is -0.253. The topological polar surface area (TPSA) is 85.1 Å². The highest BCUT2D eigenvalue weighted by Crippen LogP contribution is 2.33. The molecule has 1 aliphatic heterocycles. The second kappa shape index (κ2) is 7.17. The van der Waals surface area contributed by atoms with Crippen molar-refractivity contribution in [1.82, 2.24) is 10.2 Å². The summed E-state index contributed by atoms with van der Waals surface area (Å²) < 4.78 is 5.59. The number of aromatic nitrogens is 2. The first-order chi connectivity index (χ1) is 13.0. The first-order valence-corrected chi connectivity index (χ1v) is 9.58. The predicted octanol–water partition coefficient (Wildman–Crippen LogP) is 4.42. The Labute approximate surface area is 164 Å². The second-order valence-electron chi connectivity index (χ2n) is 6.11. The van der Waals surface area contributed by atoms with E-state index in [1.54, 1.807) is 36.4 Å². The van der Waals surface area contributed by atoms with Crippen molar-refractivity contribution in [3.63, 3.8) is 0 Å². The van der Waals surface area contributed by atoms with Crippen LogP contribution in [0, 0.1) is 0 Å². The van der Waals surface area contributed by atoms with Gasteiger partial charge in [0.15, 0.2) is 5.78 Å². The lowest BCUT2D eigenvalue weighted by Crippen LogP contribution is -2.08. The molecule has 0 bridgehead atoms. The summed E-state index contributed by atoms with van der Waals surface area (Å²) in [5.74, 6) is 0.131. The Hall–Kier alpha value is -2.64. The minimum Gasteiger partial charge on any atom is -0.411 e. The summed E-state index contributed by atoms with van der Waals surface area (Å²) >= 11 is 7.14. The molecule has 1 atom stereocenters. The van der Waals surface area contributed by atoms with E-state index in [0.717, 1.165) is 16.8 Å². The molecule has 1 amide bonds. The van der Waals surface area contributed by atoms with E-state index in [-0.39, 0.29) is 23.4 Å². The van der Waals surface area contributed by atoms with Crippen LogP contribution < -0.4 is 5.32 Å². The normalized spacial score (nSPS) is 15.5. The molecule has 136 valence electrons. The third-order valence-corrected chi connectivity index (χ3v) is 5.35. The van der Waals surface area contributed by atoms with Crippen molar-refractivity contribution in [1.29, 1.82) is 0 Å². The zero-order chi connectivity index (χ0) is 19.0. The van der Waals surface area contributed by atoms with Gasteiger partial charge in [-0.2, -0.15) is 0 Å². The average molecular weight is 400 g/mol. The van der Waals surface area contributed by atoms with E-state index < -0.39 is 0 Å². The van der Waals surface area contributed by atoms with Crippen molar-refractivity contribution < 1.29 is 14.0 Å². The van der Waals surface area contributed by atoms with E-state index in [4.69, 9.17) is 16.0 Å². The van der Waals surface area contributed by atoms with Crippen molar-refractivity contribution >= 4 is 40.7 Å². The molecule has 0 unspecified atom stereocenters. The predicted molar refractivity (Wildman–Crippen MR) is 103 cm³/mol. The van der Waals surface area contributed by atoms with Gasteiger partial charge in [0.2, 0.25) is 11.8 Å². The van der Waals surface area contributed by atoms with Gasteiger partial charge in [-0.3, -0.25) is 9.59 Å². The number of nitrogens with one attached hydrogen (secondary N) is 1. The van der Waals surface area contributed by atoms with Crippen LogP contribution in [0.3, 0.4) is 0 Å². The fraction of sp³-hybridized carbons (Fsp3) is 0.158. The Kier molecular flexibility index (Phi) is 4.72. The molecule has 1 aromatic heterocycles. The molecule has 27 heavy (non-hydrogen) atoms. The monoisotopic (exact) mass is 399 g/mol. The van der Waals surface area contributed by atoms with Crippen LogP contribution in [0.25, 0.3) is 11.5 Å². The van der Waals surface area contributed by atoms with Crippen molar-refractivity contribution in [3.05, 3.63) is 58.6 Å². The highest BCUT2D eigenvalue weighted by molar-refractivity contribution is 7.99. The summed E-state index contributed by atoms with van der Waals surface area (Å²) in [6.45, 7) is 1.82. The SMILES string of the molecule is C[C@H]1C(=O)Nc2ccc(C(=O)CSc3nnc(-c4cccc(Cl)c4)o3)cc21. The summed E-state index contributed by atoms with van der Waals surface area (Å²) in [5.41, 5.74) is 2.88. The fourth-order valence-corrected chi connectivity index (χ4v) is 3.66. The molecule has 1 N–H and O–H groups in total. The van der Waals surface area contributed by atoms with Gasteiger partial charge in [0.1, 0.15) is 0 Å². The maximum absolute atomic E-state index is 12.5. The molecule has 0 radical (unpaired) electrons. The van der Waals surface area contributed by atoms with Gasteiger partial charge in [0, 0.05) is 21.8 Å². The number of Topliss-reactive ketones (excluding diaryl/α,β-unsaturated/α-hetero) is 1. The Bertz CT molecular complexity index is 1050. The molecular formula is C19H14ClN3O3S. The van der Waals surface area contributed by atoms with Crippen LogP contribution in [0.1, 0.15) is 28.8 Å². The Morgan fingerprint density at radius 3 is 2.93 bits per heavy atom. The van der Waals surface area contributed by atoms with Crippen LogP contribution in [0.2, 0.25) is 5.02 Å². The van der Waals surface area contributed by atoms with Crippen LogP contribution >= 0.6 is 23.4 Å². The van der Waals surface area contributed by atoms with Crippen LogP contribution in [-0.2, 0) is 4.79 Å². The number of amides is 1. The van der Waals surface area contributed by atoms with Crippen LogP contribution in [0.4, 0.5) is 5.69 Å². The van der Waals surface area contributed by atoms with Crippen molar-refractivity contribution in [2.24, 2.45) is 0 Å². The van der Waals surface area contributed by atoms with E-state index in [2.05, 4.69) is 15.5 Å². The Morgan fingerprint density at radius 1 is 1.26 bits per heavy atom. The number of hydrogen-bond donors (Lipinski definition) is 1. The highest BCUT2D eigenvalue weighted by Gasteiger charge is 2.27. The van der Waals surface area contributed by atoms with E-state index in [1.807, 2.05) is 13.0 Å². The smallest absolute Gasteiger partial charge is 0.277 e. The van der Waals surface area contributed by atoms with Gasteiger partial charge < -0.3 is 9.73 Å². The van der Waals surface area contributed by atoms with Gasteiger partial charge in [0.05, 0.1) is 11.7 Å².